The molecule has 5 atom stereocenters. The van der Waals surface area contributed by atoms with E-state index in [1.54, 1.807) is 13.3 Å². The highest BCUT2D eigenvalue weighted by atomic mass is 16.5. The zero-order chi connectivity index (χ0) is 41.1. The van der Waals surface area contributed by atoms with E-state index in [1.165, 1.54) is 51.4 Å². The van der Waals surface area contributed by atoms with Crippen LogP contribution in [0.5, 0.6) is 0 Å². The predicted molar refractivity (Wildman–Crippen MR) is 240 cm³/mol. The highest BCUT2D eigenvalue weighted by Crippen LogP contribution is 2.47. The van der Waals surface area contributed by atoms with E-state index in [0.29, 0.717) is 25.2 Å². The Labute approximate surface area is 338 Å². The minimum Gasteiger partial charge on any atom is -0.468 e. The molecule has 318 valence electrons. The number of aliphatic hydroxyl groups excluding tert-OH is 1. The number of ether oxygens (including phenoxy) is 1. The number of hydrogen-bond donors (Lipinski definition) is 4. The van der Waals surface area contributed by atoms with Crippen molar-refractivity contribution >= 4 is 30.5 Å². The molecule has 12 nitrogen and oxygen atoms in total. The Morgan fingerprint density at radius 1 is 1.24 bits per heavy atom. The van der Waals surface area contributed by atoms with Crippen LogP contribution in [0.2, 0.25) is 0 Å². The van der Waals surface area contributed by atoms with Gasteiger partial charge in [-0.3, -0.25) is 9.79 Å². The van der Waals surface area contributed by atoms with E-state index in [1.807, 2.05) is 45.3 Å². The van der Waals surface area contributed by atoms with Gasteiger partial charge >= 0.3 is 0 Å². The second-order valence-corrected chi connectivity index (χ2v) is 13.9. The topological polar surface area (TPSA) is 144 Å². The van der Waals surface area contributed by atoms with Crippen molar-refractivity contribution in [3.05, 3.63) is 54.6 Å². The first-order valence-corrected chi connectivity index (χ1v) is 20.0. The van der Waals surface area contributed by atoms with Crippen LogP contribution >= 0.6 is 0 Å². The second kappa shape index (κ2) is 30.3. The summed E-state index contributed by atoms with van der Waals surface area (Å²) >= 11 is 0. The van der Waals surface area contributed by atoms with Gasteiger partial charge in [0.2, 0.25) is 0 Å². The molecule has 3 aliphatic rings. The minimum atomic E-state index is -0.534. The molecular weight excluding hydrogens is 691 g/mol. The lowest BCUT2D eigenvalue weighted by molar-refractivity contribution is -0.128. The maximum Gasteiger partial charge on any atom is 0.293 e. The van der Waals surface area contributed by atoms with Gasteiger partial charge in [-0.25, -0.2) is 9.98 Å². The van der Waals surface area contributed by atoms with E-state index in [-0.39, 0.29) is 27.5 Å². The van der Waals surface area contributed by atoms with Crippen LogP contribution in [0, 0.1) is 11.3 Å². The van der Waals surface area contributed by atoms with Gasteiger partial charge in [-0.2, -0.15) is 0 Å². The molecule has 1 aromatic heterocycles. The first-order chi connectivity index (χ1) is 26.0. The molecule has 3 aliphatic heterocycles. The number of pyridine rings is 1. The van der Waals surface area contributed by atoms with Gasteiger partial charge in [0.05, 0.1) is 18.9 Å². The van der Waals surface area contributed by atoms with Crippen LogP contribution in [0.1, 0.15) is 116 Å². The van der Waals surface area contributed by atoms with Crippen LogP contribution < -0.4 is 26.2 Å². The van der Waals surface area contributed by atoms with E-state index in [9.17, 15) is 9.90 Å². The van der Waals surface area contributed by atoms with Crippen molar-refractivity contribution in [2.24, 2.45) is 27.1 Å². The van der Waals surface area contributed by atoms with Gasteiger partial charge in [0.1, 0.15) is 17.5 Å². The number of rotatable bonds is 14. The van der Waals surface area contributed by atoms with Crippen LogP contribution in [0.3, 0.4) is 0 Å². The molecule has 2 unspecified atom stereocenters. The van der Waals surface area contributed by atoms with Crippen LogP contribution in [0.15, 0.2) is 64.6 Å². The molecule has 12 heteroatoms. The summed E-state index contributed by atoms with van der Waals surface area (Å²) in [6.45, 7) is 26.4. The highest BCUT2D eigenvalue weighted by molar-refractivity contribution is 5.87. The molecule has 0 aromatic carbocycles. The molecule has 0 saturated carbocycles. The number of hydrogen-bond acceptors (Lipinski definition) is 12. The number of carbonyl (C=O) groups is 1. The zero-order valence-corrected chi connectivity index (χ0v) is 35.8. The van der Waals surface area contributed by atoms with Crippen LogP contribution in [0.25, 0.3) is 0 Å². The van der Waals surface area contributed by atoms with E-state index >= 15 is 0 Å². The molecule has 1 saturated heterocycles. The molecule has 0 aliphatic carbocycles. The number of aliphatic hydroxyl groups is 1. The van der Waals surface area contributed by atoms with Crippen molar-refractivity contribution in [3.8, 4) is 0 Å². The molecule has 1 aromatic rings. The van der Waals surface area contributed by atoms with Gasteiger partial charge in [0.25, 0.3) is 6.47 Å². The predicted octanol–water partition coefficient (Wildman–Crippen LogP) is 7.97. The monoisotopic (exact) mass is 774 g/mol. The minimum absolute atomic E-state index is 0. The number of carbonyl (C=O) groups excluding carboxylic acids is 1. The maximum absolute atomic E-state index is 10.6. The van der Waals surface area contributed by atoms with Crippen molar-refractivity contribution in [1.82, 2.24) is 20.5 Å². The smallest absolute Gasteiger partial charge is 0.293 e. The van der Waals surface area contributed by atoms with E-state index in [4.69, 9.17) is 15.5 Å². The third-order valence-corrected chi connectivity index (χ3v) is 9.88. The van der Waals surface area contributed by atoms with E-state index in [0.717, 1.165) is 41.8 Å². The molecule has 1 fully saturated rings. The number of nitrogens with two attached hydrogens (primary N) is 1. The van der Waals surface area contributed by atoms with Crippen LogP contribution in [-0.4, -0.2) is 99.7 Å². The number of likely N-dealkylation sites (tertiary alicyclic amines) is 1. The number of anilines is 2. The van der Waals surface area contributed by atoms with E-state index < -0.39 is 11.7 Å². The highest BCUT2D eigenvalue weighted by Gasteiger charge is 2.50. The van der Waals surface area contributed by atoms with Crippen molar-refractivity contribution < 1.29 is 16.1 Å². The zero-order valence-electron chi connectivity index (χ0n) is 35.8. The average molecular weight is 774 g/mol. The number of allylic oxidation sites excluding steroid dienone is 1. The van der Waals surface area contributed by atoms with E-state index in [2.05, 4.69) is 97.1 Å². The molecule has 0 spiro atoms. The Morgan fingerprint density at radius 2 is 1.91 bits per heavy atom. The molecule has 55 heavy (non-hydrogen) atoms. The standard InChI is InChI=1S/C26H40N8O3.C8H17N.C4H10.C2H6.C2H4.CH4.H2/c1-6-8-21-26(3,16-35)20-15-29-25(30-19(13-27)14-28-4)32-24(20)34(21)23-10-7-9-22(31-23)33(5)18(2)11-12-37-17-36;1-8-4-3-6-9(2)7-5-8;1-3-4-2;2*1-2;;/h7,9-10,13-15,17-18,21,25,30,32,35H,6,8,11-12,16,27H2,1-5H3;8H,3-7H2,1-2H3;3-4H2,1-2H3;1-2H3;1-2H2;1H4;1H/b19-13+,28-14?;;;;;;/t18-,21+,25?,26+;;;;;;/m0....../s1. The Hall–Kier alpha value is -3.90. The van der Waals surface area contributed by atoms with Crippen LogP contribution in [0.4, 0.5) is 11.6 Å². The third-order valence-electron chi connectivity index (χ3n) is 9.88. The van der Waals surface area contributed by atoms with Gasteiger partial charge in [-0.15, -0.1) is 13.2 Å². The number of aromatic nitrogens is 1. The Morgan fingerprint density at radius 3 is 2.47 bits per heavy atom. The summed E-state index contributed by atoms with van der Waals surface area (Å²) in [4.78, 5) is 30.9. The van der Waals surface area contributed by atoms with Crippen molar-refractivity contribution in [3.63, 3.8) is 0 Å². The maximum atomic E-state index is 10.6. The average Bonchev–Trinajstić information content (AvgIpc) is 3.28. The summed E-state index contributed by atoms with van der Waals surface area (Å²) in [6.07, 6.45) is 13.8. The Bertz CT molecular complexity index is 1280. The number of aliphatic imine (C=N–C) groups is 2. The van der Waals surface area contributed by atoms with Gasteiger partial charge in [-0.05, 0) is 70.8 Å². The molecule has 0 bridgehead atoms. The summed E-state index contributed by atoms with van der Waals surface area (Å²) in [5.74, 6) is 3.40. The quantitative estimate of drug-likeness (QED) is 0.0636. The lowest BCUT2D eigenvalue weighted by atomic mass is 9.77. The molecule has 0 amide bonds. The lowest BCUT2D eigenvalue weighted by Crippen LogP contribution is -2.47. The fraction of sp³-hybridized carbons (Fsp3) is 0.674. The summed E-state index contributed by atoms with van der Waals surface area (Å²) in [7, 11) is 5.88. The molecule has 4 heterocycles. The third kappa shape index (κ3) is 16.8. The van der Waals surface area contributed by atoms with Crippen molar-refractivity contribution in [1.29, 1.82) is 0 Å². The van der Waals surface area contributed by atoms with Crippen molar-refractivity contribution in [2.45, 2.75) is 133 Å². The summed E-state index contributed by atoms with van der Waals surface area (Å²) in [5, 5.41) is 17.3. The summed E-state index contributed by atoms with van der Waals surface area (Å²) in [6, 6.07) is 6.02. The first kappa shape index (κ1) is 53.2. The fourth-order valence-electron chi connectivity index (χ4n) is 6.23. The molecule has 5 N–H and O–H groups in total. The van der Waals surface area contributed by atoms with Gasteiger partial charge < -0.3 is 40.9 Å². The van der Waals surface area contributed by atoms with Gasteiger partial charge in [0, 0.05) is 63.6 Å². The Balaban J connectivity index is -0.00000124. The molecular formula is C43H83N9O3. The number of unbranched alkanes of at least 4 members (excludes halogenated alkanes) is 1. The van der Waals surface area contributed by atoms with Gasteiger partial charge in [0.15, 0.2) is 6.29 Å². The molecule has 4 rings (SSSR count). The van der Waals surface area contributed by atoms with Crippen LogP contribution in [-0.2, 0) is 9.53 Å². The first-order valence-electron chi connectivity index (χ1n) is 20.0. The molecule has 0 radical (unpaired) electrons. The SMILES string of the molecule is C.C=C.CC.CC1CCCN(C)CC1.CCCC.CCC[C@H]1N(c2cccc(N(C)[C@@H](C)CCOC=O)n2)C2=C(C=NC(N/C(C=NC)=C/N)N2)[C@@]1(C)CO.[HH]. The lowest BCUT2D eigenvalue weighted by Gasteiger charge is -2.37. The Kier molecular flexibility index (Phi) is 29.3. The summed E-state index contributed by atoms with van der Waals surface area (Å²) < 4.78 is 4.88. The fourth-order valence-corrected chi connectivity index (χ4v) is 6.23. The normalized spacial score (nSPS) is 22.2. The number of nitrogens with zero attached hydrogens (tertiary/aromatic N) is 6. The van der Waals surface area contributed by atoms with Crippen molar-refractivity contribution in [2.75, 3.05) is 57.2 Å². The summed E-state index contributed by atoms with van der Waals surface area (Å²) in [5.41, 5.74) is 6.78. The number of nitrogens with one attached hydrogen (secondary N) is 2. The van der Waals surface area contributed by atoms with Gasteiger partial charge in [-0.1, -0.05) is 81.2 Å². The second-order valence-electron chi connectivity index (χ2n) is 13.9. The largest absolute Gasteiger partial charge is 0.468 e.